The molecule has 2 saturated heterocycles. The summed E-state index contributed by atoms with van der Waals surface area (Å²) < 4.78 is 51.9. The maximum Gasteiger partial charge on any atom is 0.244 e. The molecule has 1 aromatic rings. The van der Waals surface area contributed by atoms with E-state index in [1.54, 1.807) is 13.8 Å². The minimum Gasteiger partial charge on any atom is -0.273 e. The molecule has 24 heavy (non-hydrogen) atoms. The van der Waals surface area contributed by atoms with E-state index in [1.165, 1.54) is 22.5 Å². The molecule has 0 aliphatic carbocycles. The average molecular weight is 372 g/mol. The van der Waals surface area contributed by atoms with Crippen molar-refractivity contribution >= 4 is 31.6 Å². The molecule has 2 heterocycles. The molecule has 0 spiro atoms. The minimum absolute atomic E-state index is 0.158. The van der Waals surface area contributed by atoms with E-state index in [-0.39, 0.29) is 16.3 Å². The van der Waals surface area contributed by atoms with Crippen LogP contribution in [-0.4, -0.2) is 45.9 Å². The Kier molecular flexibility index (Phi) is 4.21. The van der Waals surface area contributed by atoms with Crippen molar-refractivity contribution in [3.63, 3.8) is 0 Å². The first-order valence-corrected chi connectivity index (χ1v) is 10.9. The Morgan fingerprint density at radius 1 is 1.17 bits per heavy atom. The average Bonchev–Trinajstić information content (AvgIpc) is 3.06. The Balaban J connectivity index is 2.01. The van der Waals surface area contributed by atoms with Gasteiger partial charge in [-0.3, -0.25) is 4.79 Å². The van der Waals surface area contributed by atoms with Crippen molar-refractivity contribution < 1.29 is 21.6 Å². The van der Waals surface area contributed by atoms with E-state index in [4.69, 9.17) is 0 Å². The first-order chi connectivity index (χ1) is 11.1. The second-order valence-electron chi connectivity index (χ2n) is 6.34. The molecule has 3 rings (SSSR count). The lowest BCUT2D eigenvalue weighted by Crippen LogP contribution is -2.31. The lowest BCUT2D eigenvalue weighted by Gasteiger charge is -2.20. The van der Waals surface area contributed by atoms with Crippen LogP contribution < -0.4 is 4.31 Å². The van der Waals surface area contributed by atoms with Gasteiger partial charge in [0.25, 0.3) is 0 Å². The summed E-state index contributed by atoms with van der Waals surface area (Å²) in [4.78, 5) is 12.3. The highest BCUT2D eigenvalue weighted by molar-refractivity contribution is 7.94. The van der Waals surface area contributed by atoms with E-state index < -0.39 is 31.9 Å². The highest BCUT2D eigenvalue weighted by atomic mass is 32.2. The summed E-state index contributed by atoms with van der Waals surface area (Å²) in [5.74, 6) is -1.30. The number of hydrogen-bond acceptors (Lipinski definition) is 5. The fourth-order valence-electron chi connectivity index (χ4n) is 3.20. The number of aryl methyl sites for hydroxylation is 1. The number of nitrogens with zero attached hydrogens (tertiary/aromatic N) is 2. The summed E-state index contributed by atoms with van der Waals surface area (Å²) in [6.45, 7) is 4.18. The summed E-state index contributed by atoms with van der Waals surface area (Å²) in [5, 5.41) is 0. The van der Waals surface area contributed by atoms with E-state index in [0.717, 1.165) is 17.1 Å². The fourth-order valence-corrected chi connectivity index (χ4v) is 6.74. The molecular formula is C15H20N2O5S2. The van der Waals surface area contributed by atoms with E-state index in [1.807, 2.05) is 0 Å². The topological polar surface area (TPSA) is 91.8 Å². The van der Waals surface area contributed by atoms with Gasteiger partial charge in [-0.25, -0.2) is 21.1 Å². The highest BCUT2D eigenvalue weighted by Gasteiger charge is 2.42. The number of sulfonamides is 2. The van der Waals surface area contributed by atoms with Gasteiger partial charge in [-0.15, -0.1) is 0 Å². The van der Waals surface area contributed by atoms with Crippen LogP contribution in [0.4, 0.5) is 5.69 Å². The van der Waals surface area contributed by atoms with Crippen molar-refractivity contribution in [3.05, 3.63) is 23.8 Å². The molecule has 9 heteroatoms. The van der Waals surface area contributed by atoms with Gasteiger partial charge in [0.15, 0.2) is 0 Å². The van der Waals surface area contributed by atoms with Crippen molar-refractivity contribution in [2.45, 2.75) is 31.6 Å². The molecule has 2 aliphatic rings. The molecule has 1 unspecified atom stereocenters. The Hall–Kier alpha value is -1.45. The van der Waals surface area contributed by atoms with Gasteiger partial charge in [0.05, 0.1) is 22.3 Å². The number of carbonyl (C=O) groups excluding carboxylic acids is 1. The summed E-state index contributed by atoms with van der Waals surface area (Å²) >= 11 is 0. The maximum absolute atomic E-state index is 12.7. The van der Waals surface area contributed by atoms with Crippen LogP contribution in [-0.2, 0) is 24.8 Å². The van der Waals surface area contributed by atoms with Gasteiger partial charge in [0, 0.05) is 13.1 Å². The third-order valence-corrected chi connectivity index (χ3v) is 8.36. The van der Waals surface area contributed by atoms with Gasteiger partial charge in [-0.1, -0.05) is 6.92 Å². The molecular weight excluding hydrogens is 352 g/mol. The van der Waals surface area contributed by atoms with E-state index in [2.05, 4.69) is 0 Å². The Labute approximate surface area is 142 Å². The van der Waals surface area contributed by atoms with Crippen LogP contribution in [0.5, 0.6) is 0 Å². The molecule has 7 nitrogen and oxygen atoms in total. The van der Waals surface area contributed by atoms with Crippen molar-refractivity contribution in [1.82, 2.24) is 4.31 Å². The molecule has 0 radical (unpaired) electrons. The van der Waals surface area contributed by atoms with Crippen molar-refractivity contribution in [2.24, 2.45) is 5.92 Å². The zero-order valence-electron chi connectivity index (χ0n) is 13.6. The largest absolute Gasteiger partial charge is 0.273 e. The molecule has 0 aromatic heterocycles. The standard InChI is InChI=1S/C15H20N2O5S2/c1-11-9-13(17-15(18)12(2)10-23(17,19)20)5-6-14(11)24(21,22)16-7-3-4-8-16/h5-6,9,12H,3-4,7-8,10H2,1-2H3. The highest BCUT2D eigenvalue weighted by Crippen LogP contribution is 2.32. The zero-order chi connectivity index (χ0) is 17.7. The maximum atomic E-state index is 12.7. The summed E-state index contributed by atoms with van der Waals surface area (Å²) in [6.07, 6.45) is 1.68. The van der Waals surface area contributed by atoms with Gasteiger partial charge in [-0.05, 0) is 43.5 Å². The van der Waals surface area contributed by atoms with Crippen LogP contribution in [0, 0.1) is 12.8 Å². The molecule has 132 valence electrons. The van der Waals surface area contributed by atoms with Crippen molar-refractivity contribution in [3.8, 4) is 0 Å². The third-order valence-electron chi connectivity index (χ3n) is 4.44. The van der Waals surface area contributed by atoms with Crippen LogP contribution >= 0.6 is 0 Å². The van der Waals surface area contributed by atoms with Gasteiger partial charge >= 0.3 is 0 Å². The lowest BCUT2D eigenvalue weighted by molar-refractivity contribution is -0.119. The van der Waals surface area contributed by atoms with E-state index in [0.29, 0.717) is 18.7 Å². The van der Waals surface area contributed by atoms with Gasteiger partial charge in [-0.2, -0.15) is 4.31 Å². The number of rotatable bonds is 3. The fraction of sp³-hybridized carbons (Fsp3) is 0.533. The first-order valence-electron chi connectivity index (χ1n) is 7.82. The van der Waals surface area contributed by atoms with E-state index >= 15 is 0 Å². The van der Waals surface area contributed by atoms with Crippen LogP contribution in [0.3, 0.4) is 0 Å². The second-order valence-corrected chi connectivity index (χ2v) is 10.1. The van der Waals surface area contributed by atoms with Crippen LogP contribution in [0.25, 0.3) is 0 Å². The predicted molar refractivity (Wildman–Crippen MR) is 89.6 cm³/mol. The molecule has 2 aliphatic heterocycles. The van der Waals surface area contributed by atoms with Crippen LogP contribution in [0.15, 0.2) is 23.1 Å². The Morgan fingerprint density at radius 3 is 2.29 bits per heavy atom. The molecule has 0 N–H and O–H groups in total. The molecule has 1 aromatic carbocycles. The molecule has 1 atom stereocenters. The first kappa shape index (κ1) is 17.4. The molecule has 1 amide bonds. The summed E-state index contributed by atoms with van der Waals surface area (Å²) in [7, 11) is -7.28. The molecule has 2 fully saturated rings. The Morgan fingerprint density at radius 2 is 1.79 bits per heavy atom. The third kappa shape index (κ3) is 2.74. The lowest BCUT2D eigenvalue weighted by atomic mass is 10.2. The minimum atomic E-state index is -3.70. The van der Waals surface area contributed by atoms with Crippen molar-refractivity contribution in [1.29, 1.82) is 0 Å². The number of carbonyl (C=O) groups is 1. The normalized spacial score (nSPS) is 24.7. The number of hydrogen-bond donors (Lipinski definition) is 0. The SMILES string of the molecule is Cc1cc(N2C(=O)C(C)CS2(=O)=O)ccc1S(=O)(=O)N1CCCC1. The molecule has 0 bridgehead atoms. The van der Waals surface area contributed by atoms with Gasteiger partial charge in [0.2, 0.25) is 26.0 Å². The smallest absolute Gasteiger partial charge is 0.244 e. The number of amides is 1. The quantitative estimate of drug-likeness (QED) is 0.792. The van der Waals surface area contributed by atoms with Crippen molar-refractivity contribution in [2.75, 3.05) is 23.1 Å². The predicted octanol–water partition coefficient (Wildman–Crippen LogP) is 1.09. The number of anilines is 1. The van der Waals surface area contributed by atoms with Crippen LogP contribution in [0.1, 0.15) is 25.3 Å². The summed E-state index contributed by atoms with van der Waals surface area (Å²) in [6, 6.07) is 4.24. The summed E-state index contributed by atoms with van der Waals surface area (Å²) in [5.41, 5.74) is 0.629. The van der Waals surface area contributed by atoms with Crippen LogP contribution in [0.2, 0.25) is 0 Å². The Bertz CT molecular complexity index is 886. The van der Waals surface area contributed by atoms with Gasteiger partial charge < -0.3 is 0 Å². The monoisotopic (exact) mass is 372 g/mol. The molecule has 0 saturated carbocycles. The number of benzene rings is 1. The zero-order valence-corrected chi connectivity index (χ0v) is 15.2. The van der Waals surface area contributed by atoms with Gasteiger partial charge in [0.1, 0.15) is 0 Å². The van der Waals surface area contributed by atoms with E-state index in [9.17, 15) is 21.6 Å². The second kappa shape index (κ2) is 5.82.